The highest BCUT2D eigenvalue weighted by Crippen LogP contribution is 2.29. The molecule has 1 unspecified atom stereocenters. The van der Waals surface area contributed by atoms with Crippen LogP contribution in [-0.4, -0.2) is 11.7 Å². The fourth-order valence-corrected chi connectivity index (χ4v) is 2.29. The summed E-state index contributed by atoms with van der Waals surface area (Å²) in [5.74, 6) is 0.956. The molecule has 0 amide bonds. The first-order valence-corrected chi connectivity index (χ1v) is 7.07. The molecule has 3 heteroatoms. The summed E-state index contributed by atoms with van der Waals surface area (Å²) in [4.78, 5) is 0. The highest BCUT2D eigenvalue weighted by molar-refractivity contribution is 9.10. The van der Waals surface area contributed by atoms with Crippen LogP contribution in [0, 0.1) is 0 Å². The number of rotatable bonds is 5. The van der Waals surface area contributed by atoms with E-state index in [1.54, 1.807) is 0 Å². The fraction of sp³-hybridized carbons (Fsp3) is 0.250. The number of ether oxygens (including phenoxy) is 1. The van der Waals surface area contributed by atoms with Crippen molar-refractivity contribution in [2.45, 2.75) is 19.4 Å². The van der Waals surface area contributed by atoms with Crippen LogP contribution in [0.5, 0.6) is 5.75 Å². The Morgan fingerprint density at radius 3 is 2.53 bits per heavy atom. The van der Waals surface area contributed by atoms with Gasteiger partial charge in [0.1, 0.15) is 12.4 Å². The van der Waals surface area contributed by atoms with Crippen LogP contribution in [-0.2, 0) is 6.61 Å². The van der Waals surface area contributed by atoms with Crippen LogP contribution < -0.4 is 4.74 Å². The fourth-order valence-electron chi connectivity index (χ4n) is 1.78. The lowest BCUT2D eigenvalue weighted by Gasteiger charge is -2.12. The molecule has 0 aliphatic rings. The molecule has 1 atom stereocenters. The maximum atomic E-state index is 9.15. The molecule has 2 rings (SSSR count). The van der Waals surface area contributed by atoms with Crippen LogP contribution in [0.25, 0.3) is 0 Å². The Labute approximate surface area is 122 Å². The van der Waals surface area contributed by atoms with Gasteiger partial charge in [0.05, 0.1) is 4.47 Å². The lowest BCUT2D eigenvalue weighted by molar-refractivity contribution is 0.272. The van der Waals surface area contributed by atoms with Crippen molar-refractivity contribution in [1.82, 2.24) is 0 Å². The van der Waals surface area contributed by atoms with E-state index in [9.17, 15) is 0 Å². The summed E-state index contributed by atoms with van der Waals surface area (Å²) < 4.78 is 6.70. The molecule has 2 aromatic rings. The van der Waals surface area contributed by atoms with Crippen molar-refractivity contribution in [3.63, 3.8) is 0 Å². The van der Waals surface area contributed by atoms with E-state index in [4.69, 9.17) is 9.84 Å². The molecular weight excluding hydrogens is 304 g/mol. The van der Waals surface area contributed by atoms with Gasteiger partial charge in [-0.3, -0.25) is 0 Å². The average molecular weight is 321 g/mol. The molecule has 0 aliphatic heterocycles. The van der Waals surface area contributed by atoms with Gasteiger partial charge in [-0.2, -0.15) is 0 Å². The van der Waals surface area contributed by atoms with E-state index in [0.717, 1.165) is 21.3 Å². The molecule has 0 saturated heterocycles. The molecule has 2 aromatic carbocycles. The molecule has 19 heavy (non-hydrogen) atoms. The molecule has 1 N–H and O–H groups in total. The number of aliphatic hydroxyl groups is 1. The van der Waals surface area contributed by atoms with E-state index < -0.39 is 0 Å². The highest BCUT2D eigenvalue weighted by Gasteiger charge is 2.08. The van der Waals surface area contributed by atoms with Gasteiger partial charge in [-0.15, -0.1) is 0 Å². The van der Waals surface area contributed by atoms with Crippen molar-refractivity contribution in [1.29, 1.82) is 0 Å². The first-order valence-electron chi connectivity index (χ1n) is 6.27. The number of benzene rings is 2. The normalized spacial score (nSPS) is 12.2. The molecule has 2 nitrogen and oxygen atoms in total. The van der Waals surface area contributed by atoms with Crippen LogP contribution >= 0.6 is 15.9 Å². The summed E-state index contributed by atoms with van der Waals surface area (Å²) in [6.45, 7) is 2.69. The van der Waals surface area contributed by atoms with Crippen LogP contribution in [0.1, 0.15) is 24.0 Å². The third-order valence-electron chi connectivity index (χ3n) is 3.04. The van der Waals surface area contributed by atoms with Crippen LogP contribution in [0.4, 0.5) is 0 Å². The molecule has 0 heterocycles. The molecule has 0 saturated carbocycles. The van der Waals surface area contributed by atoms with E-state index in [-0.39, 0.29) is 12.5 Å². The van der Waals surface area contributed by atoms with Crippen LogP contribution in [0.2, 0.25) is 0 Å². The van der Waals surface area contributed by atoms with E-state index in [1.165, 1.54) is 0 Å². The molecule has 100 valence electrons. The molecule has 0 spiro atoms. The zero-order chi connectivity index (χ0) is 13.7. The van der Waals surface area contributed by atoms with Crippen molar-refractivity contribution >= 4 is 15.9 Å². The molecule has 0 fully saturated rings. The lowest BCUT2D eigenvalue weighted by atomic mass is 10.0. The second-order valence-corrected chi connectivity index (χ2v) is 5.40. The Kier molecular flexibility index (Phi) is 5.00. The van der Waals surface area contributed by atoms with Gasteiger partial charge in [0.2, 0.25) is 0 Å². The Morgan fingerprint density at radius 2 is 1.89 bits per heavy atom. The van der Waals surface area contributed by atoms with Gasteiger partial charge >= 0.3 is 0 Å². The summed E-state index contributed by atoms with van der Waals surface area (Å²) in [6.07, 6.45) is 0. The van der Waals surface area contributed by atoms with Crippen molar-refractivity contribution in [3.05, 3.63) is 64.1 Å². The van der Waals surface area contributed by atoms with Crippen molar-refractivity contribution in [3.8, 4) is 5.75 Å². The van der Waals surface area contributed by atoms with Gasteiger partial charge in [-0.1, -0.05) is 43.3 Å². The van der Waals surface area contributed by atoms with Crippen LogP contribution in [0.3, 0.4) is 0 Å². The Balaban J connectivity index is 2.05. The van der Waals surface area contributed by atoms with E-state index in [2.05, 4.69) is 15.9 Å². The summed E-state index contributed by atoms with van der Waals surface area (Å²) in [5, 5.41) is 9.15. The van der Waals surface area contributed by atoms with Gasteiger partial charge in [0, 0.05) is 12.5 Å². The number of hydrogen-bond donors (Lipinski definition) is 1. The van der Waals surface area contributed by atoms with E-state index in [0.29, 0.717) is 6.61 Å². The smallest absolute Gasteiger partial charge is 0.134 e. The first kappa shape index (κ1) is 14.1. The standard InChI is InChI=1S/C16H17BrO2/c1-12(10-18)14-7-8-16(15(17)9-14)19-11-13-5-3-2-4-6-13/h2-9,12,18H,10-11H2,1H3. The molecule has 0 bridgehead atoms. The topological polar surface area (TPSA) is 29.5 Å². The maximum absolute atomic E-state index is 9.15. The Bertz CT molecular complexity index is 526. The third-order valence-corrected chi connectivity index (χ3v) is 3.66. The monoisotopic (exact) mass is 320 g/mol. The van der Waals surface area contributed by atoms with Crippen molar-refractivity contribution in [2.24, 2.45) is 0 Å². The first-order chi connectivity index (χ1) is 9.20. The number of hydrogen-bond acceptors (Lipinski definition) is 2. The predicted octanol–water partition coefficient (Wildman–Crippen LogP) is 4.12. The zero-order valence-corrected chi connectivity index (χ0v) is 12.4. The lowest BCUT2D eigenvalue weighted by Crippen LogP contribution is -2.00. The predicted molar refractivity (Wildman–Crippen MR) is 80.4 cm³/mol. The van der Waals surface area contributed by atoms with Crippen molar-refractivity contribution < 1.29 is 9.84 Å². The molecule has 0 aliphatic carbocycles. The largest absolute Gasteiger partial charge is 0.488 e. The number of halogens is 1. The van der Waals surface area contributed by atoms with Crippen LogP contribution in [0.15, 0.2) is 53.0 Å². The molecule has 0 aromatic heterocycles. The minimum atomic E-state index is 0.138. The maximum Gasteiger partial charge on any atom is 0.134 e. The van der Waals surface area contributed by atoms with E-state index >= 15 is 0 Å². The molecule has 0 radical (unpaired) electrons. The van der Waals surface area contributed by atoms with E-state index in [1.807, 2.05) is 55.5 Å². The van der Waals surface area contributed by atoms with Gasteiger partial charge in [-0.25, -0.2) is 0 Å². The third kappa shape index (κ3) is 3.82. The minimum Gasteiger partial charge on any atom is -0.488 e. The SMILES string of the molecule is CC(CO)c1ccc(OCc2ccccc2)c(Br)c1. The summed E-state index contributed by atoms with van der Waals surface area (Å²) >= 11 is 3.51. The Hall–Kier alpha value is -1.32. The van der Waals surface area contributed by atoms with Gasteiger partial charge in [-0.05, 0) is 39.2 Å². The summed E-state index contributed by atoms with van der Waals surface area (Å²) in [7, 11) is 0. The highest BCUT2D eigenvalue weighted by atomic mass is 79.9. The summed E-state index contributed by atoms with van der Waals surface area (Å²) in [6, 6.07) is 16.0. The van der Waals surface area contributed by atoms with Gasteiger partial charge < -0.3 is 9.84 Å². The minimum absolute atomic E-state index is 0.138. The Morgan fingerprint density at radius 1 is 1.16 bits per heavy atom. The second kappa shape index (κ2) is 6.73. The van der Waals surface area contributed by atoms with Gasteiger partial charge in [0.15, 0.2) is 0 Å². The summed E-state index contributed by atoms with van der Waals surface area (Å²) in [5.41, 5.74) is 2.24. The zero-order valence-electron chi connectivity index (χ0n) is 10.8. The second-order valence-electron chi connectivity index (χ2n) is 4.55. The van der Waals surface area contributed by atoms with Gasteiger partial charge in [0.25, 0.3) is 0 Å². The quantitative estimate of drug-likeness (QED) is 0.897. The number of aliphatic hydroxyl groups excluding tert-OH is 1. The average Bonchev–Trinajstić information content (AvgIpc) is 2.46. The van der Waals surface area contributed by atoms with Crippen molar-refractivity contribution in [2.75, 3.05) is 6.61 Å². The molecular formula is C16H17BrO2.